The number of alkyl halides is 3. The zero-order chi connectivity index (χ0) is 17.1. The van der Waals surface area contributed by atoms with Crippen molar-refractivity contribution in [3.63, 3.8) is 0 Å². The van der Waals surface area contributed by atoms with Gasteiger partial charge >= 0.3 is 6.18 Å². The lowest BCUT2D eigenvalue weighted by molar-refractivity contribution is -0.138. The molecule has 1 saturated heterocycles. The normalized spacial score (nSPS) is 19.4. The van der Waals surface area contributed by atoms with Crippen LogP contribution in [0.5, 0.6) is 0 Å². The summed E-state index contributed by atoms with van der Waals surface area (Å²) >= 11 is 0. The van der Waals surface area contributed by atoms with Crippen LogP contribution in [0.1, 0.15) is 37.8 Å². The molecular formula is C17H23F3N2O. The second-order valence-electron chi connectivity index (χ2n) is 6.63. The molecule has 1 fully saturated rings. The molecule has 1 aromatic rings. The van der Waals surface area contributed by atoms with E-state index in [-0.39, 0.29) is 5.91 Å². The highest BCUT2D eigenvalue weighted by Crippen LogP contribution is 2.32. The lowest BCUT2D eigenvalue weighted by atomic mass is 9.82. The highest BCUT2D eigenvalue weighted by Gasteiger charge is 2.35. The SMILES string of the molecule is CC(C)(C(=O)NCC1CCCNC1)c1cccc(C(F)(F)F)c1. The third-order valence-corrected chi connectivity index (χ3v) is 4.43. The average molecular weight is 328 g/mol. The van der Waals surface area contributed by atoms with Gasteiger partial charge in [-0.05, 0) is 57.3 Å². The molecule has 2 rings (SSSR count). The number of halogens is 3. The van der Waals surface area contributed by atoms with Gasteiger partial charge in [-0.2, -0.15) is 13.2 Å². The van der Waals surface area contributed by atoms with E-state index in [0.717, 1.165) is 38.1 Å². The van der Waals surface area contributed by atoms with Crippen molar-refractivity contribution < 1.29 is 18.0 Å². The van der Waals surface area contributed by atoms with Crippen molar-refractivity contribution in [3.05, 3.63) is 35.4 Å². The molecule has 1 aromatic carbocycles. The first-order valence-corrected chi connectivity index (χ1v) is 7.88. The van der Waals surface area contributed by atoms with Gasteiger partial charge in [-0.15, -0.1) is 0 Å². The molecule has 0 radical (unpaired) electrons. The van der Waals surface area contributed by atoms with Crippen LogP contribution in [0.25, 0.3) is 0 Å². The summed E-state index contributed by atoms with van der Waals surface area (Å²) in [4.78, 5) is 12.5. The second-order valence-corrected chi connectivity index (χ2v) is 6.63. The van der Waals surface area contributed by atoms with E-state index >= 15 is 0 Å². The van der Waals surface area contributed by atoms with Crippen molar-refractivity contribution in [2.45, 2.75) is 38.3 Å². The number of piperidine rings is 1. The van der Waals surface area contributed by atoms with Crippen molar-refractivity contribution in [2.24, 2.45) is 5.92 Å². The van der Waals surface area contributed by atoms with E-state index in [9.17, 15) is 18.0 Å². The van der Waals surface area contributed by atoms with Gasteiger partial charge in [-0.3, -0.25) is 4.79 Å². The van der Waals surface area contributed by atoms with Crippen LogP contribution in [0.2, 0.25) is 0 Å². The molecule has 0 saturated carbocycles. The van der Waals surface area contributed by atoms with Crippen molar-refractivity contribution in [2.75, 3.05) is 19.6 Å². The topological polar surface area (TPSA) is 41.1 Å². The number of benzene rings is 1. The lowest BCUT2D eigenvalue weighted by Crippen LogP contribution is -2.44. The lowest BCUT2D eigenvalue weighted by Gasteiger charge is -2.28. The van der Waals surface area contributed by atoms with Crippen LogP contribution in [0.3, 0.4) is 0 Å². The van der Waals surface area contributed by atoms with E-state index < -0.39 is 17.2 Å². The van der Waals surface area contributed by atoms with E-state index in [1.54, 1.807) is 19.9 Å². The fourth-order valence-electron chi connectivity index (χ4n) is 2.77. The van der Waals surface area contributed by atoms with E-state index in [4.69, 9.17) is 0 Å². The number of carbonyl (C=O) groups excluding carboxylic acids is 1. The summed E-state index contributed by atoms with van der Waals surface area (Å²) in [5.41, 5.74) is -1.37. The molecule has 0 spiro atoms. The van der Waals surface area contributed by atoms with Gasteiger partial charge in [0.25, 0.3) is 0 Å². The summed E-state index contributed by atoms with van der Waals surface area (Å²) in [7, 11) is 0. The smallest absolute Gasteiger partial charge is 0.355 e. The van der Waals surface area contributed by atoms with Crippen LogP contribution in [0.4, 0.5) is 13.2 Å². The maximum absolute atomic E-state index is 12.8. The highest BCUT2D eigenvalue weighted by molar-refractivity contribution is 5.87. The molecule has 2 N–H and O–H groups in total. The molecule has 1 atom stereocenters. The fourth-order valence-corrected chi connectivity index (χ4v) is 2.77. The Kier molecular flexibility index (Phi) is 5.34. The van der Waals surface area contributed by atoms with Crippen LogP contribution in [0.15, 0.2) is 24.3 Å². The standard InChI is InChI=1S/C17H23F3N2O/c1-16(2,13-6-3-7-14(9-13)17(18,19)20)15(23)22-11-12-5-4-8-21-10-12/h3,6-7,9,12,21H,4-5,8,10-11H2,1-2H3,(H,22,23). The molecule has 1 unspecified atom stereocenters. The molecule has 6 heteroatoms. The number of nitrogens with one attached hydrogen (secondary N) is 2. The predicted octanol–water partition coefficient (Wildman–Crippen LogP) is 3.10. The molecule has 1 amide bonds. The van der Waals surface area contributed by atoms with Gasteiger partial charge in [-0.1, -0.05) is 18.2 Å². The quantitative estimate of drug-likeness (QED) is 0.892. The first-order chi connectivity index (χ1) is 10.7. The molecule has 1 aliphatic rings. The summed E-state index contributed by atoms with van der Waals surface area (Å²) in [6, 6.07) is 4.99. The number of hydrogen-bond acceptors (Lipinski definition) is 2. The van der Waals surface area contributed by atoms with Gasteiger partial charge in [0.15, 0.2) is 0 Å². The molecule has 3 nitrogen and oxygen atoms in total. The fraction of sp³-hybridized carbons (Fsp3) is 0.588. The number of rotatable bonds is 4. The van der Waals surface area contributed by atoms with Gasteiger partial charge in [0, 0.05) is 6.54 Å². The highest BCUT2D eigenvalue weighted by atomic mass is 19.4. The van der Waals surface area contributed by atoms with Gasteiger partial charge in [0.1, 0.15) is 0 Å². The second kappa shape index (κ2) is 6.91. The van der Waals surface area contributed by atoms with Crippen LogP contribution in [0, 0.1) is 5.92 Å². The molecule has 1 aliphatic heterocycles. The number of carbonyl (C=O) groups is 1. The zero-order valence-electron chi connectivity index (χ0n) is 13.5. The summed E-state index contributed by atoms with van der Waals surface area (Å²) in [6.07, 6.45) is -2.27. The van der Waals surface area contributed by atoms with Crippen molar-refractivity contribution in [1.82, 2.24) is 10.6 Å². The Balaban J connectivity index is 2.06. The monoisotopic (exact) mass is 328 g/mol. The average Bonchev–Trinajstić information content (AvgIpc) is 2.53. The van der Waals surface area contributed by atoms with Gasteiger partial charge < -0.3 is 10.6 Å². The zero-order valence-corrected chi connectivity index (χ0v) is 13.5. The van der Waals surface area contributed by atoms with Crippen LogP contribution < -0.4 is 10.6 Å². The Morgan fingerprint density at radius 2 is 2.00 bits per heavy atom. The summed E-state index contributed by atoms with van der Waals surface area (Å²) in [5.74, 6) is 0.132. The van der Waals surface area contributed by atoms with Crippen molar-refractivity contribution >= 4 is 5.91 Å². The molecule has 23 heavy (non-hydrogen) atoms. The van der Waals surface area contributed by atoms with E-state index in [0.29, 0.717) is 18.0 Å². The van der Waals surface area contributed by atoms with Gasteiger partial charge in [0.05, 0.1) is 11.0 Å². The number of hydrogen-bond donors (Lipinski definition) is 2. The summed E-state index contributed by atoms with van der Waals surface area (Å²) < 4.78 is 38.5. The van der Waals surface area contributed by atoms with Gasteiger partial charge in [0.2, 0.25) is 5.91 Å². The summed E-state index contributed by atoms with van der Waals surface area (Å²) in [5, 5.41) is 6.17. The van der Waals surface area contributed by atoms with E-state index in [2.05, 4.69) is 10.6 Å². The molecule has 128 valence electrons. The molecule has 0 aromatic heterocycles. The van der Waals surface area contributed by atoms with E-state index in [1.807, 2.05) is 0 Å². The van der Waals surface area contributed by atoms with Crippen LogP contribution >= 0.6 is 0 Å². The molecular weight excluding hydrogens is 305 g/mol. The third-order valence-electron chi connectivity index (χ3n) is 4.43. The Morgan fingerprint density at radius 1 is 1.30 bits per heavy atom. The minimum Gasteiger partial charge on any atom is -0.355 e. The van der Waals surface area contributed by atoms with E-state index in [1.165, 1.54) is 6.07 Å². The first kappa shape index (κ1) is 17.8. The molecule has 0 aliphatic carbocycles. The minimum atomic E-state index is -4.41. The third kappa shape index (κ3) is 4.47. The van der Waals surface area contributed by atoms with Crippen LogP contribution in [-0.2, 0) is 16.4 Å². The maximum atomic E-state index is 12.8. The molecule has 0 bridgehead atoms. The predicted molar refractivity (Wildman–Crippen MR) is 83.1 cm³/mol. The number of amides is 1. The van der Waals surface area contributed by atoms with Crippen molar-refractivity contribution in [3.8, 4) is 0 Å². The minimum absolute atomic E-state index is 0.248. The summed E-state index contributed by atoms with van der Waals surface area (Å²) in [6.45, 7) is 5.71. The Bertz CT molecular complexity index is 549. The largest absolute Gasteiger partial charge is 0.416 e. The van der Waals surface area contributed by atoms with Crippen LogP contribution in [-0.4, -0.2) is 25.5 Å². The Labute approximate surface area is 134 Å². The first-order valence-electron chi connectivity index (χ1n) is 7.88. The maximum Gasteiger partial charge on any atom is 0.416 e. The molecule has 1 heterocycles. The van der Waals surface area contributed by atoms with Gasteiger partial charge in [-0.25, -0.2) is 0 Å². The Morgan fingerprint density at radius 3 is 2.61 bits per heavy atom. The Hall–Kier alpha value is -1.56. The van der Waals surface area contributed by atoms with Crippen molar-refractivity contribution in [1.29, 1.82) is 0 Å².